The molecule has 0 bridgehead atoms. The number of carbonyl (C=O) groups excluding carboxylic acids is 2. The number of nitrogens with one attached hydrogen (secondary N) is 1. The number of fused-ring (bicyclic) bond motifs is 2. The fraction of sp³-hybridized carbons (Fsp3) is 0.280. The molecule has 2 aromatic heterocycles. The van der Waals surface area contributed by atoms with E-state index in [1.807, 2.05) is 30.0 Å². The molecule has 0 spiro atoms. The van der Waals surface area contributed by atoms with Crippen LogP contribution in [0.25, 0.3) is 0 Å². The standard InChI is InChI=1S/C25H24N4O3/c1-15-13-17-7-3-4-10-20(17)29(15)25(31)23-16(2)22-19(9-5-11-21(22)32-23)27-28-24(30)18-8-6-12-26-14-18/h3-4,6-8,10,12,14-15H,5,9,11,13H2,1-2H3,(H,28,30)/b27-19+. The molecule has 1 aromatic carbocycles. The molecule has 1 unspecified atom stereocenters. The zero-order chi connectivity index (χ0) is 22.2. The first-order valence-corrected chi connectivity index (χ1v) is 10.9. The molecular weight excluding hydrogens is 404 g/mol. The summed E-state index contributed by atoms with van der Waals surface area (Å²) in [4.78, 5) is 31.7. The van der Waals surface area contributed by atoms with Gasteiger partial charge in [-0.2, -0.15) is 5.10 Å². The number of rotatable bonds is 3. The second-order valence-electron chi connectivity index (χ2n) is 8.31. The first kappa shape index (κ1) is 20.2. The molecule has 1 atom stereocenters. The van der Waals surface area contributed by atoms with E-state index >= 15 is 0 Å². The largest absolute Gasteiger partial charge is 0.455 e. The minimum absolute atomic E-state index is 0.0633. The predicted octanol–water partition coefficient (Wildman–Crippen LogP) is 4.04. The van der Waals surface area contributed by atoms with E-state index in [9.17, 15) is 9.59 Å². The zero-order valence-electron chi connectivity index (χ0n) is 18.1. The van der Waals surface area contributed by atoms with E-state index in [0.717, 1.165) is 47.5 Å². The highest BCUT2D eigenvalue weighted by Gasteiger charge is 2.36. The van der Waals surface area contributed by atoms with Gasteiger partial charge in [-0.3, -0.25) is 14.6 Å². The van der Waals surface area contributed by atoms with Gasteiger partial charge in [0.1, 0.15) is 5.76 Å². The number of anilines is 1. The van der Waals surface area contributed by atoms with Gasteiger partial charge in [0.25, 0.3) is 11.8 Å². The third-order valence-electron chi connectivity index (χ3n) is 6.16. The highest BCUT2D eigenvalue weighted by atomic mass is 16.4. The lowest BCUT2D eigenvalue weighted by Crippen LogP contribution is -2.35. The van der Waals surface area contributed by atoms with Crippen LogP contribution in [0.4, 0.5) is 5.69 Å². The van der Waals surface area contributed by atoms with E-state index in [0.29, 0.717) is 17.7 Å². The quantitative estimate of drug-likeness (QED) is 0.638. The van der Waals surface area contributed by atoms with Crippen LogP contribution in [0.3, 0.4) is 0 Å². The summed E-state index contributed by atoms with van der Waals surface area (Å²) in [5.41, 5.74) is 7.52. The Labute approximate surface area is 186 Å². The van der Waals surface area contributed by atoms with Gasteiger partial charge in [-0.15, -0.1) is 0 Å². The van der Waals surface area contributed by atoms with Crippen molar-refractivity contribution in [2.75, 3.05) is 4.90 Å². The molecule has 5 rings (SSSR count). The number of aromatic nitrogens is 1. The second kappa shape index (κ2) is 8.07. The highest BCUT2D eigenvalue weighted by molar-refractivity contribution is 6.11. The van der Waals surface area contributed by atoms with Crippen LogP contribution in [-0.2, 0) is 12.8 Å². The normalized spacial score (nSPS) is 18.4. The van der Waals surface area contributed by atoms with E-state index < -0.39 is 0 Å². The highest BCUT2D eigenvalue weighted by Crippen LogP contribution is 2.36. The third kappa shape index (κ3) is 3.39. The smallest absolute Gasteiger partial charge is 0.294 e. The summed E-state index contributed by atoms with van der Waals surface area (Å²) in [5.74, 6) is 0.657. The van der Waals surface area contributed by atoms with E-state index in [4.69, 9.17) is 4.42 Å². The van der Waals surface area contributed by atoms with E-state index in [1.165, 1.54) is 11.8 Å². The number of amides is 2. The lowest BCUT2D eigenvalue weighted by molar-refractivity contribution is 0.0945. The minimum Gasteiger partial charge on any atom is -0.455 e. The first-order valence-electron chi connectivity index (χ1n) is 10.9. The summed E-state index contributed by atoms with van der Waals surface area (Å²) in [6, 6.07) is 11.4. The Balaban J connectivity index is 1.45. The van der Waals surface area contributed by atoms with Crippen molar-refractivity contribution in [2.24, 2.45) is 5.10 Å². The van der Waals surface area contributed by atoms with Crippen molar-refractivity contribution in [3.05, 3.63) is 82.6 Å². The summed E-state index contributed by atoms with van der Waals surface area (Å²) in [7, 11) is 0. The number of benzene rings is 1. The molecule has 1 N–H and O–H groups in total. The molecule has 1 aliphatic carbocycles. The molecule has 3 aromatic rings. The van der Waals surface area contributed by atoms with Crippen molar-refractivity contribution < 1.29 is 14.0 Å². The summed E-state index contributed by atoms with van der Waals surface area (Å²) < 4.78 is 6.10. The number of para-hydroxylation sites is 1. The summed E-state index contributed by atoms with van der Waals surface area (Å²) in [5, 5.41) is 4.39. The van der Waals surface area contributed by atoms with Gasteiger partial charge >= 0.3 is 0 Å². The van der Waals surface area contributed by atoms with Crippen LogP contribution in [0, 0.1) is 6.92 Å². The van der Waals surface area contributed by atoms with E-state index in [-0.39, 0.29) is 17.9 Å². The maximum Gasteiger partial charge on any atom is 0.294 e. The van der Waals surface area contributed by atoms with Crippen molar-refractivity contribution in [1.29, 1.82) is 0 Å². The molecule has 0 saturated carbocycles. The maximum absolute atomic E-state index is 13.5. The number of hydrogen-bond acceptors (Lipinski definition) is 5. The van der Waals surface area contributed by atoms with Crippen molar-refractivity contribution >= 4 is 23.2 Å². The number of furan rings is 1. The zero-order valence-corrected chi connectivity index (χ0v) is 18.1. The molecule has 162 valence electrons. The molecule has 1 aliphatic heterocycles. The number of pyridine rings is 1. The molecule has 0 saturated heterocycles. The van der Waals surface area contributed by atoms with E-state index in [2.05, 4.69) is 28.5 Å². The van der Waals surface area contributed by atoms with Crippen LogP contribution in [0.2, 0.25) is 0 Å². The van der Waals surface area contributed by atoms with Crippen molar-refractivity contribution in [2.45, 2.75) is 45.6 Å². The van der Waals surface area contributed by atoms with Gasteiger partial charge in [0.05, 0.1) is 11.3 Å². The predicted molar refractivity (Wildman–Crippen MR) is 121 cm³/mol. The van der Waals surface area contributed by atoms with Gasteiger partial charge in [-0.25, -0.2) is 5.43 Å². The van der Waals surface area contributed by atoms with E-state index in [1.54, 1.807) is 18.3 Å². The van der Waals surface area contributed by atoms with Crippen molar-refractivity contribution in [3.63, 3.8) is 0 Å². The van der Waals surface area contributed by atoms with Crippen LogP contribution in [0.15, 0.2) is 58.3 Å². The SMILES string of the molecule is Cc1c(C(=O)N2c3ccccc3CC2C)oc2c1/C(=N/NC(=O)c1cccnc1)CCC2. The topological polar surface area (TPSA) is 87.8 Å². The number of hydrazone groups is 1. The summed E-state index contributed by atoms with van der Waals surface area (Å²) in [6.45, 7) is 3.95. The Morgan fingerprint density at radius 1 is 1.19 bits per heavy atom. The van der Waals surface area contributed by atoms with Crippen LogP contribution in [0.5, 0.6) is 0 Å². The summed E-state index contributed by atoms with van der Waals surface area (Å²) in [6.07, 6.45) is 6.23. The van der Waals surface area contributed by atoms with Crippen LogP contribution in [0.1, 0.15) is 63.1 Å². The molecule has 0 fully saturated rings. The molecule has 3 heterocycles. The second-order valence-corrected chi connectivity index (χ2v) is 8.31. The molecule has 2 amide bonds. The summed E-state index contributed by atoms with van der Waals surface area (Å²) >= 11 is 0. The Morgan fingerprint density at radius 2 is 2.03 bits per heavy atom. The van der Waals surface area contributed by atoms with Gasteiger partial charge in [0.15, 0.2) is 5.76 Å². The Hall–Kier alpha value is -3.74. The minimum atomic E-state index is -0.322. The lowest BCUT2D eigenvalue weighted by atomic mass is 9.93. The number of aryl methyl sites for hydroxylation is 1. The van der Waals surface area contributed by atoms with Gasteiger partial charge in [0.2, 0.25) is 0 Å². The van der Waals surface area contributed by atoms with Crippen molar-refractivity contribution in [1.82, 2.24) is 10.4 Å². The van der Waals surface area contributed by atoms with Crippen LogP contribution >= 0.6 is 0 Å². The average molecular weight is 428 g/mol. The van der Waals surface area contributed by atoms with Crippen LogP contribution in [-0.4, -0.2) is 28.6 Å². The Kier molecular flexibility index (Phi) is 5.09. The molecular formula is C25H24N4O3. The van der Waals surface area contributed by atoms with Gasteiger partial charge in [0, 0.05) is 41.7 Å². The fourth-order valence-electron chi connectivity index (χ4n) is 4.65. The van der Waals surface area contributed by atoms with Crippen molar-refractivity contribution in [3.8, 4) is 0 Å². The third-order valence-corrected chi connectivity index (χ3v) is 6.16. The maximum atomic E-state index is 13.5. The average Bonchev–Trinajstić information content (AvgIpc) is 3.34. The van der Waals surface area contributed by atoms with Gasteiger partial charge in [-0.05, 0) is 56.9 Å². The number of carbonyl (C=O) groups is 2. The molecule has 7 heteroatoms. The Bertz CT molecular complexity index is 1230. The van der Waals surface area contributed by atoms with Gasteiger partial charge in [-0.1, -0.05) is 18.2 Å². The molecule has 32 heavy (non-hydrogen) atoms. The monoisotopic (exact) mass is 428 g/mol. The van der Waals surface area contributed by atoms with Crippen LogP contribution < -0.4 is 10.3 Å². The molecule has 0 radical (unpaired) electrons. The van der Waals surface area contributed by atoms with Gasteiger partial charge < -0.3 is 9.32 Å². The molecule has 7 nitrogen and oxygen atoms in total. The molecule has 2 aliphatic rings. The Morgan fingerprint density at radius 3 is 2.84 bits per heavy atom. The lowest BCUT2D eigenvalue weighted by Gasteiger charge is -2.21. The first-order chi connectivity index (χ1) is 15.5. The fourth-order valence-corrected chi connectivity index (χ4v) is 4.65. The number of nitrogens with zero attached hydrogens (tertiary/aromatic N) is 3. The number of hydrogen-bond donors (Lipinski definition) is 1.